The number of aliphatic imine (C=N–C) groups is 1. The maximum atomic E-state index is 12.6. The molecule has 1 aromatic heterocycles. The number of ether oxygens (including phenoxy) is 1. The van der Waals surface area contributed by atoms with E-state index >= 15 is 0 Å². The highest BCUT2D eigenvalue weighted by molar-refractivity contribution is 14.0. The number of alkyl halides is 3. The molecule has 0 radical (unpaired) electrons. The summed E-state index contributed by atoms with van der Waals surface area (Å²) >= 11 is 1.03. The zero-order valence-electron chi connectivity index (χ0n) is 16.3. The first-order valence-electron chi connectivity index (χ1n) is 9.51. The second-order valence-corrected chi connectivity index (χ2v) is 7.57. The molecule has 0 aliphatic heterocycles. The second-order valence-electron chi connectivity index (χ2n) is 6.63. The molecule has 2 rings (SSSR count). The van der Waals surface area contributed by atoms with Gasteiger partial charge in [0, 0.05) is 38.5 Å². The molecule has 1 aliphatic rings. The van der Waals surface area contributed by atoms with E-state index in [9.17, 15) is 13.2 Å². The van der Waals surface area contributed by atoms with E-state index < -0.39 is 11.9 Å². The van der Waals surface area contributed by atoms with Crippen molar-refractivity contribution in [3.05, 3.63) is 16.1 Å². The van der Waals surface area contributed by atoms with Crippen molar-refractivity contribution >= 4 is 41.3 Å². The summed E-state index contributed by atoms with van der Waals surface area (Å²) in [6.45, 7) is 3.97. The minimum atomic E-state index is -4.38. The van der Waals surface area contributed by atoms with Gasteiger partial charge < -0.3 is 15.4 Å². The Kier molecular flexibility index (Phi) is 11.7. The molecular weight excluding hydrogens is 504 g/mol. The molecule has 28 heavy (non-hydrogen) atoms. The van der Waals surface area contributed by atoms with Crippen molar-refractivity contribution in [3.63, 3.8) is 0 Å². The van der Waals surface area contributed by atoms with E-state index in [-0.39, 0.29) is 30.1 Å². The molecule has 1 aromatic rings. The number of halogens is 4. The lowest BCUT2D eigenvalue weighted by Crippen LogP contribution is -2.40. The maximum absolute atomic E-state index is 12.6. The Morgan fingerprint density at radius 2 is 2.00 bits per heavy atom. The van der Waals surface area contributed by atoms with Gasteiger partial charge in [0.25, 0.3) is 0 Å². The molecular formula is C18H30F3IN4OS. The Balaban J connectivity index is 0.00000392. The molecule has 0 spiro atoms. The molecule has 10 heteroatoms. The number of hydrogen-bond acceptors (Lipinski definition) is 4. The highest BCUT2D eigenvalue weighted by Crippen LogP contribution is 2.31. The first kappa shape index (κ1) is 25.4. The molecule has 5 nitrogen and oxygen atoms in total. The Hall–Kier alpha value is -0.620. The van der Waals surface area contributed by atoms with Crippen molar-refractivity contribution in [2.45, 2.75) is 57.7 Å². The first-order valence-corrected chi connectivity index (χ1v) is 10.4. The molecule has 1 aliphatic carbocycles. The van der Waals surface area contributed by atoms with Crippen molar-refractivity contribution in [2.24, 2.45) is 10.9 Å². The van der Waals surface area contributed by atoms with E-state index in [4.69, 9.17) is 4.74 Å². The number of aromatic nitrogens is 1. The summed E-state index contributed by atoms with van der Waals surface area (Å²) in [4.78, 5) is 7.79. The van der Waals surface area contributed by atoms with Crippen LogP contribution in [0.1, 0.15) is 49.7 Å². The van der Waals surface area contributed by atoms with Crippen molar-refractivity contribution in [2.75, 3.05) is 26.7 Å². The number of thiazole rings is 1. The van der Waals surface area contributed by atoms with Gasteiger partial charge in [-0.1, -0.05) is 12.8 Å². The monoisotopic (exact) mass is 534 g/mol. The summed E-state index contributed by atoms with van der Waals surface area (Å²) < 4.78 is 43.6. The summed E-state index contributed by atoms with van der Waals surface area (Å²) in [5.41, 5.74) is -0.820. The molecule has 0 amide bonds. The zero-order valence-corrected chi connectivity index (χ0v) is 19.5. The maximum Gasteiger partial charge on any atom is 0.434 e. The average Bonchev–Trinajstić information content (AvgIpc) is 3.31. The molecule has 0 aromatic carbocycles. The van der Waals surface area contributed by atoms with Gasteiger partial charge in [-0.05, 0) is 32.1 Å². The van der Waals surface area contributed by atoms with Crippen molar-refractivity contribution in [1.29, 1.82) is 0 Å². The number of hydrogen-bond donors (Lipinski definition) is 2. The average molecular weight is 534 g/mol. The molecule has 162 valence electrons. The van der Waals surface area contributed by atoms with Crippen LogP contribution in [0, 0.1) is 5.92 Å². The van der Waals surface area contributed by atoms with Crippen molar-refractivity contribution in [1.82, 2.24) is 15.6 Å². The van der Waals surface area contributed by atoms with E-state index in [1.807, 2.05) is 6.92 Å². The van der Waals surface area contributed by atoms with Crippen LogP contribution < -0.4 is 10.6 Å². The van der Waals surface area contributed by atoms with E-state index in [0.29, 0.717) is 29.9 Å². The molecule has 1 atom stereocenters. The molecule has 1 fully saturated rings. The SMILES string of the molecule is CCOC(CCNC(=NC)NCCc1nc(C(F)(F)F)cs1)C1CCCC1.I. The lowest BCUT2D eigenvalue weighted by molar-refractivity contribution is -0.140. The third kappa shape index (κ3) is 8.40. The van der Waals surface area contributed by atoms with Crippen LogP contribution in [0.25, 0.3) is 0 Å². The van der Waals surface area contributed by atoms with Gasteiger partial charge in [-0.3, -0.25) is 4.99 Å². The highest BCUT2D eigenvalue weighted by Gasteiger charge is 2.33. The van der Waals surface area contributed by atoms with E-state index in [2.05, 4.69) is 20.6 Å². The quantitative estimate of drug-likeness (QED) is 0.279. The van der Waals surface area contributed by atoms with Gasteiger partial charge >= 0.3 is 6.18 Å². The fourth-order valence-electron chi connectivity index (χ4n) is 3.40. The summed E-state index contributed by atoms with van der Waals surface area (Å²) in [7, 11) is 1.68. The number of guanidine groups is 1. The van der Waals surface area contributed by atoms with Crippen LogP contribution in [-0.4, -0.2) is 43.8 Å². The highest BCUT2D eigenvalue weighted by atomic mass is 127. The van der Waals surface area contributed by atoms with Gasteiger partial charge in [0.1, 0.15) is 0 Å². The van der Waals surface area contributed by atoms with Crippen LogP contribution in [-0.2, 0) is 17.3 Å². The molecule has 1 heterocycles. The van der Waals surface area contributed by atoms with E-state index in [1.165, 1.54) is 25.7 Å². The minimum Gasteiger partial charge on any atom is -0.378 e. The first-order chi connectivity index (χ1) is 12.9. The summed E-state index contributed by atoms with van der Waals surface area (Å²) in [5, 5.41) is 7.90. The third-order valence-corrected chi connectivity index (χ3v) is 5.63. The number of rotatable bonds is 9. The van der Waals surface area contributed by atoms with Crippen LogP contribution in [0.2, 0.25) is 0 Å². The van der Waals surface area contributed by atoms with E-state index in [0.717, 1.165) is 36.3 Å². The Morgan fingerprint density at radius 3 is 2.57 bits per heavy atom. The van der Waals surface area contributed by atoms with Gasteiger partial charge in [0.05, 0.1) is 11.1 Å². The summed E-state index contributed by atoms with van der Waals surface area (Å²) in [5.74, 6) is 1.29. The Labute approximate surface area is 186 Å². The summed E-state index contributed by atoms with van der Waals surface area (Å²) in [6.07, 6.45) is 2.30. The fraction of sp³-hybridized carbons (Fsp3) is 0.778. The third-order valence-electron chi connectivity index (χ3n) is 4.72. The van der Waals surface area contributed by atoms with Crippen LogP contribution in [0.4, 0.5) is 13.2 Å². The van der Waals surface area contributed by atoms with Gasteiger partial charge in [0.15, 0.2) is 11.7 Å². The topological polar surface area (TPSA) is 58.5 Å². The number of nitrogens with zero attached hydrogens (tertiary/aromatic N) is 2. The van der Waals surface area contributed by atoms with Gasteiger partial charge in [-0.2, -0.15) is 13.2 Å². The normalized spacial score (nSPS) is 16.7. The predicted octanol–water partition coefficient (Wildman–Crippen LogP) is 4.47. The molecule has 0 bridgehead atoms. The minimum absolute atomic E-state index is 0. The molecule has 1 unspecified atom stereocenters. The van der Waals surface area contributed by atoms with Crippen LogP contribution >= 0.6 is 35.3 Å². The largest absolute Gasteiger partial charge is 0.434 e. The smallest absolute Gasteiger partial charge is 0.378 e. The van der Waals surface area contributed by atoms with Gasteiger partial charge in [-0.25, -0.2) is 4.98 Å². The van der Waals surface area contributed by atoms with E-state index in [1.54, 1.807) is 7.05 Å². The van der Waals surface area contributed by atoms with Crippen LogP contribution in [0.5, 0.6) is 0 Å². The van der Waals surface area contributed by atoms with Gasteiger partial charge in [0.2, 0.25) is 0 Å². The standard InChI is InChI=1S/C18H29F3N4OS.HI/c1-3-26-14(13-6-4-5-7-13)8-10-23-17(22-2)24-11-9-16-25-15(12-27-16)18(19,20)21;/h12-14H,3-11H2,1-2H3,(H2,22,23,24);1H. The second kappa shape index (κ2) is 12.8. The zero-order chi connectivity index (χ0) is 19.7. The Bertz CT molecular complexity index is 592. The van der Waals surface area contributed by atoms with Crippen LogP contribution in [0.15, 0.2) is 10.4 Å². The Morgan fingerprint density at radius 1 is 1.32 bits per heavy atom. The molecule has 0 saturated heterocycles. The van der Waals surface area contributed by atoms with Crippen LogP contribution in [0.3, 0.4) is 0 Å². The molecule has 2 N–H and O–H groups in total. The predicted molar refractivity (Wildman–Crippen MR) is 118 cm³/mol. The fourth-order valence-corrected chi connectivity index (χ4v) is 4.20. The lowest BCUT2D eigenvalue weighted by atomic mass is 9.98. The van der Waals surface area contributed by atoms with Gasteiger partial charge in [-0.15, -0.1) is 35.3 Å². The number of nitrogens with one attached hydrogen (secondary N) is 2. The summed E-state index contributed by atoms with van der Waals surface area (Å²) in [6, 6.07) is 0. The molecule has 1 saturated carbocycles. The van der Waals surface area contributed by atoms with Crippen molar-refractivity contribution < 1.29 is 17.9 Å². The van der Waals surface area contributed by atoms with Crippen molar-refractivity contribution in [3.8, 4) is 0 Å². The lowest BCUT2D eigenvalue weighted by Gasteiger charge is -2.24.